The van der Waals surface area contributed by atoms with Crippen molar-refractivity contribution >= 4 is 5.91 Å². The van der Waals surface area contributed by atoms with Gasteiger partial charge in [-0.2, -0.15) is 0 Å². The lowest BCUT2D eigenvalue weighted by Crippen LogP contribution is -2.54. The van der Waals surface area contributed by atoms with Crippen molar-refractivity contribution < 1.29 is 4.79 Å². The molecular weight excluding hydrogens is 298 g/mol. The highest BCUT2D eigenvalue weighted by atomic mass is 16.2. The normalized spacial score (nSPS) is 23.9. The van der Waals surface area contributed by atoms with E-state index in [1.807, 2.05) is 0 Å². The van der Waals surface area contributed by atoms with Gasteiger partial charge in [-0.25, -0.2) is 0 Å². The van der Waals surface area contributed by atoms with Gasteiger partial charge < -0.3 is 10.2 Å². The summed E-state index contributed by atoms with van der Waals surface area (Å²) in [4.78, 5) is 17.8. The van der Waals surface area contributed by atoms with Crippen molar-refractivity contribution in [2.24, 2.45) is 0 Å². The van der Waals surface area contributed by atoms with E-state index >= 15 is 0 Å². The molecule has 1 N–H and O–H groups in total. The summed E-state index contributed by atoms with van der Waals surface area (Å²) in [6.45, 7) is 9.04. The first-order chi connectivity index (χ1) is 11.7. The van der Waals surface area contributed by atoms with Crippen molar-refractivity contribution in [3.05, 3.63) is 35.4 Å². The number of rotatable bonds is 4. The van der Waals surface area contributed by atoms with E-state index < -0.39 is 0 Å². The van der Waals surface area contributed by atoms with Gasteiger partial charge in [-0.1, -0.05) is 31.2 Å². The topological polar surface area (TPSA) is 35.6 Å². The van der Waals surface area contributed by atoms with Crippen LogP contribution in [0.4, 0.5) is 0 Å². The Morgan fingerprint density at radius 3 is 2.50 bits per heavy atom. The number of carbonyl (C=O) groups excluding carboxylic acids is 1. The van der Waals surface area contributed by atoms with E-state index in [1.165, 1.54) is 12.0 Å². The fourth-order valence-corrected chi connectivity index (χ4v) is 3.93. The summed E-state index contributed by atoms with van der Waals surface area (Å²) in [6, 6.07) is 8.99. The van der Waals surface area contributed by atoms with Crippen LogP contribution in [0.3, 0.4) is 0 Å². The quantitative estimate of drug-likeness (QED) is 0.922. The van der Waals surface area contributed by atoms with Gasteiger partial charge in [0.25, 0.3) is 0 Å². The molecular formula is C20H31N3O. The first-order valence-corrected chi connectivity index (χ1v) is 9.54. The van der Waals surface area contributed by atoms with Gasteiger partial charge in [-0.05, 0) is 43.7 Å². The van der Waals surface area contributed by atoms with Crippen LogP contribution in [0.25, 0.3) is 0 Å². The smallest absolute Gasteiger partial charge is 0.244 e. The lowest BCUT2D eigenvalue weighted by atomic mass is 9.98. The number of benzene rings is 1. The minimum atomic E-state index is -0.126. The predicted molar refractivity (Wildman–Crippen MR) is 98.0 cm³/mol. The highest BCUT2D eigenvalue weighted by Crippen LogP contribution is 2.26. The minimum absolute atomic E-state index is 0.126. The number of carbonyl (C=O) groups is 1. The molecule has 1 amide bonds. The average Bonchev–Trinajstić information content (AvgIpc) is 2.63. The number of likely N-dealkylation sites (tertiary alicyclic amines) is 1. The number of hydrogen-bond acceptors (Lipinski definition) is 3. The Morgan fingerprint density at radius 1 is 1.17 bits per heavy atom. The van der Waals surface area contributed by atoms with Gasteiger partial charge >= 0.3 is 0 Å². The Bertz CT molecular complexity index is 536. The summed E-state index contributed by atoms with van der Waals surface area (Å²) < 4.78 is 0. The molecule has 1 aromatic rings. The maximum Gasteiger partial charge on any atom is 0.244 e. The molecule has 4 nitrogen and oxygen atoms in total. The molecule has 0 aromatic heterocycles. The Morgan fingerprint density at radius 2 is 1.88 bits per heavy atom. The van der Waals surface area contributed by atoms with Crippen LogP contribution < -0.4 is 5.32 Å². The molecule has 2 fully saturated rings. The van der Waals surface area contributed by atoms with Gasteiger partial charge in [-0.15, -0.1) is 0 Å². The Balaban J connectivity index is 1.85. The second kappa shape index (κ2) is 8.13. The van der Waals surface area contributed by atoms with Gasteiger partial charge in [0.05, 0.1) is 0 Å². The molecule has 2 heterocycles. The number of piperazine rings is 1. The predicted octanol–water partition coefficient (Wildman–Crippen LogP) is 2.60. The maximum absolute atomic E-state index is 13.3. The summed E-state index contributed by atoms with van der Waals surface area (Å²) >= 11 is 0. The van der Waals surface area contributed by atoms with Crippen molar-refractivity contribution in [1.29, 1.82) is 0 Å². The van der Waals surface area contributed by atoms with Gasteiger partial charge in [0.1, 0.15) is 6.04 Å². The van der Waals surface area contributed by atoms with E-state index in [4.69, 9.17) is 0 Å². The molecule has 2 saturated heterocycles. The first kappa shape index (κ1) is 17.4. The monoisotopic (exact) mass is 329 g/mol. The molecule has 0 saturated carbocycles. The molecule has 3 rings (SSSR count). The summed E-state index contributed by atoms with van der Waals surface area (Å²) in [5.41, 5.74) is 2.48. The lowest BCUT2D eigenvalue weighted by molar-refractivity contribution is -0.138. The van der Waals surface area contributed by atoms with Crippen LogP contribution in [-0.4, -0.2) is 54.5 Å². The minimum Gasteiger partial charge on any atom is -0.341 e. The fraction of sp³-hybridized carbons (Fsp3) is 0.650. The van der Waals surface area contributed by atoms with Crippen molar-refractivity contribution in [1.82, 2.24) is 15.1 Å². The second-order valence-electron chi connectivity index (χ2n) is 7.23. The number of aryl methyl sites for hydroxylation is 1. The number of nitrogens with one attached hydrogen (secondary N) is 1. The molecule has 0 radical (unpaired) electrons. The average molecular weight is 329 g/mol. The summed E-state index contributed by atoms with van der Waals surface area (Å²) in [7, 11) is 0. The molecule has 0 aliphatic carbocycles. The van der Waals surface area contributed by atoms with Crippen LogP contribution in [0, 0.1) is 0 Å². The van der Waals surface area contributed by atoms with Gasteiger partial charge in [0.2, 0.25) is 5.91 Å². The molecule has 0 bridgehead atoms. The van der Waals surface area contributed by atoms with Crippen LogP contribution in [0.15, 0.2) is 24.3 Å². The molecule has 1 aromatic carbocycles. The third-order valence-corrected chi connectivity index (χ3v) is 5.37. The molecule has 2 unspecified atom stereocenters. The van der Waals surface area contributed by atoms with Crippen molar-refractivity contribution in [2.45, 2.75) is 51.6 Å². The standard InChI is InChI=1S/C20H31N3O/c1-3-17-7-9-18(10-8-17)19(23-14-11-21-16(2)15-23)20(24)22-12-5-4-6-13-22/h7-10,16,19,21H,3-6,11-15H2,1-2H3. The Hall–Kier alpha value is -1.39. The Kier molecular flexibility index (Phi) is 5.90. The molecule has 2 aliphatic rings. The zero-order valence-corrected chi connectivity index (χ0v) is 15.1. The third-order valence-electron chi connectivity index (χ3n) is 5.37. The number of nitrogens with zero attached hydrogens (tertiary/aromatic N) is 2. The van der Waals surface area contributed by atoms with Gasteiger partial charge in [0, 0.05) is 38.8 Å². The van der Waals surface area contributed by atoms with Crippen LogP contribution >= 0.6 is 0 Å². The van der Waals surface area contributed by atoms with Gasteiger partial charge in [-0.3, -0.25) is 9.69 Å². The summed E-state index contributed by atoms with van der Waals surface area (Å²) in [5, 5.41) is 3.49. The largest absolute Gasteiger partial charge is 0.341 e. The van der Waals surface area contributed by atoms with Crippen molar-refractivity contribution in [3.8, 4) is 0 Å². The van der Waals surface area contributed by atoms with E-state index in [2.05, 4.69) is 53.2 Å². The van der Waals surface area contributed by atoms with Crippen molar-refractivity contribution in [3.63, 3.8) is 0 Å². The molecule has 2 atom stereocenters. The maximum atomic E-state index is 13.3. The van der Waals surface area contributed by atoms with E-state index in [9.17, 15) is 4.79 Å². The zero-order chi connectivity index (χ0) is 16.9. The molecule has 132 valence electrons. The fourth-order valence-electron chi connectivity index (χ4n) is 3.93. The summed E-state index contributed by atoms with van der Waals surface area (Å²) in [6.07, 6.45) is 4.58. The van der Waals surface area contributed by atoms with Crippen LogP contribution in [0.2, 0.25) is 0 Å². The zero-order valence-electron chi connectivity index (χ0n) is 15.1. The van der Waals surface area contributed by atoms with Crippen molar-refractivity contribution in [2.75, 3.05) is 32.7 Å². The molecule has 2 aliphatic heterocycles. The van der Waals surface area contributed by atoms with E-state index in [-0.39, 0.29) is 6.04 Å². The van der Waals surface area contributed by atoms with Crippen LogP contribution in [-0.2, 0) is 11.2 Å². The Labute approximate surface area is 146 Å². The highest BCUT2D eigenvalue weighted by Gasteiger charge is 2.33. The highest BCUT2D eigenvalue weighted by molar-refractivity contribution is 5.83. The van der Waals surface area contributed by atoms with Gasteiger partial charge in [0.15, 0.2) is 0 Å². The molecule has 0 spiro atoms. The molecule has 24 heavy (non-hydrogen) atoms. The molecule has 4 heteroatoms. The second-order valence-corrected chi connectivity index (χ2v) is 7.23. The van der Waals surface area contributed by atoms with E-state index in [0.29, 0.717) is 11.9 Å². The van der Waals surface area contributed by atoms with Crippen LogP contribution in [0.5, 0.6) is 0 Å². The third kappa shape index (κ3) is 3.98. The number of piperidine rings is 1. The number of amides is 1. The van der Waals surface area contributed by atoms with E-state index in [1.54, 1.807) is 0 Å². The first-order valence-electron chi connectivity index (χ1n) is 9.54. The number of hydrogen-bond donors (Lipinski definition) is 1. The van der Waals surface area contributed by atoms with E-state index in [0.717, 1.165) is 57.5 Å². The summed E-state index contributed by atoms with van der Waals surface area (Å²) in [5.74, 6) is 0.299. The lowest BCUT2D eigenvalue weighted by Gasteiger charge is -2.40. The van der Waals surface area contributed by atoms with Crippen LogP contribution in [0.1, 0.15) is 50.3 Å². The SMILES string of the molecule is CCc1ccc(C(C(=O)N2CCCCC2)N2CCNC(C)C2)cc1.